The first-order valence-corrected chi connectivity index (χ1v) is 9.38. The van der Waals surface area contributed by atoms with Crippen LogP contribution in [0, 0.1) is 5.92 Å². The van der Waals surface area contributed by atoms with Gasteiger partial charge in [0.25, 0.3) is 5.91 Å². The average molecular weight is 401 g/mol. The lowest BCUT2D eigenvalue weighted by Gasteiger charge is -2.34. The number of carbonyl (C=O) groups is 3. The van der Waals surface area contributed by atoms with E-state index in [-0.39, 0.29) is 24.6 Å². The third kappa shape index (κ3) is 3.32. The van der Waals surface area contributed by atoms with E-state index in [0.29, 0.717) is 25.3 Å². The molecule has 1 fully saturated rings. The topological polar surface area (TPSA) is 113 Å². The Labute approximate surface area is 165 Å². The molecule has 2 amide bonds. The number of halogens is 1. The molecule has 10 nitrogen and oxygen atoms in total. The minimum Gasteiger partial charge on any atom is -0.380 e. The van der Waals surface area contributed by atoms with Gasteiger partial charge in [-0.3, -0.25) is 14.4 Å². The summed E-state index contributed by atoms with van der Waals surface area (Å²) in [6.07, 6.45) is 5.84. The van der Waals surface area contributed by atoms with Crippen LogP contribution in [0.4, 0.5) is 4.39 Å². The highest BCUT2D eigenvalue weighted by Gasteiger charge is 2.44. The number of amides is 2. The first kappa shape index (κ1) is 19.0. The number of ketones is 1. The van der Waals surface area contributed by atoms with E-state index < -0.39 is 29.5 Å². The summed E-state index contributed by atoms with van der Waals surface area (Å²) in [6.45, 7) is 3.09. The predicted molar refractivity (Wildman–Crippen MR) is 99.0 cm³/mol. The van der Waals surface area contributed by atoms with Gasteiger partial charge in [-0.1, -0.05) is 12.1 Å². The Kier molecular flexibility index (Phi) is 4.95. The molecule has 2 unspecified atom stereocenters. The molecule has 1 N–H and O–H groups in total. The van der Waals surface area contributed by atoms with Crippen molar-refractivity contribution in [2.24, 2.45) is 10.9 Å². The van der Waals surface area contributed by atoms with Gasteiger partial charge in [-0.25, -0.2) is 14.1 Å². The van der Waals surface area contributed by atoms with Crippen molar-refractivity contribution in [3.05, 3.63) is 36.2 Å². The normalized spacial score (nSPS) is 23.6. The largest absolute Gasteiger partial charge is 0.380 e. The van der Waals surface area contributed by atoms with Gasteiger partial charge in [0.05, 0.1) is 30.6 Å². The lowest BCUT2D eigenvalue weighted by Crippen LogP contribution is -2.52. The van der Waals surface area contributed by atoms with E-state index in [1.165, 1.54) is 22.0 Å². The minimum absolute atomic E-state index is 0.0170. The van der Waals surface area contributed by atoms with E-state index in [4.69, 9.17) is 0 Å². The van der Waals surface area contributed by atoms with Crippen molar-refractivity contribution in [1.29, 1.82) is 0 Å². The van der Waals surface area contributed by atoms with Crippen molar-refractivity contribution in [3.63, 3.8) is 0 Å². The monoisotopic (exact) mass is 401 g/mol. The molecule has 1 saturated heterocycles. The third-order valence-electron chi connectivity index (χ3n) is 5.32. The number of aliphatic imine (C=N–C) groups is 1. The van der Waals surface area contributed by atoms with Gasteiger partial charge in [0.2, 0.25) is 11.7 Å². The molecule has 0 saturated carbocycles. The molecule has 11 heteroatoms. The molecule has 1 aromatic rings. The van der Waals surface area contributed by atoms with Crippen molar-refractivity contribution in [1.82, 2.24) is 30.1 Å². The number of hydrogen-bond donors (Lipinski definition) is 1. The van der Waals surface area contributed by atoms with E-state index in [2.05, 4.69) is 20.6 Å². The van der Waals surface area contributed by atoms with E-state index in [0.717, 1.165) is 6.20 Å². The molecular formula is C18H20FN7O3. The number of piperazine rings is 1. The van der Waals surface area contributed by atoms with Crippen molar-refractivity contribution >= 4 is 23.4 Å². The maximum atomic E-state index is 14.6. The molecule has 4 heterocycles. The molecule has 0 aliphatic carbocycles. The van der Waals surface area contributed by atoms with E-state index in [1.807, 2.05) is 0 Å². The van der Waals surface area contributed by atoms with Crippen LogP contribution in [-0.2, 0) is 14.4 Å². The van der Waals surface area contributed by atoms with Gasteiger partial charge < -0.3 is 15.1 Å². The van der Waals surface area contributed by atoms with Crippen LogP contribution in [0.3, 0.4) is 0 Å². The number of rotatable bonds is 3. The Morgan fingerprint density at radius 3 is 2.59 bits per heavy atom. The highest BCUT2D eigenvalue weighted by atomic mass is 19.1. The second-order valence-corrected chi connectivity index (χ2v) is 6.93. The summed E-state index contributed by atoms with van der Waals surface area (Å²) in [5.41, 5.74) is 0.0494. The number of nitrogens with one attached hydrogen (secondary N) is 1. The average Bonchev–Trinajstić information content (AvgIpc) is 3.43. The second kappa shape index (κ2) is 7.57. The second-order valence-electron chi connectivity index (χ2n) is 6.93. The highest BCUT2D eigenvalue weighted by Crippen LogP contribution is 2.34. The summed E-state index contributed by atoms with van der Waals surface area (Å²) >= 11 is 0. The first-order valence-electron chi connectivity index (χ1n) is 9.38. The summed E-state index contributed by atoms with van der Waals surface area (Å²) in [7, 11) is 0. The number of fused-ring (bicyclic) bond motifs is 1. The van der Waals surface area contributed by atoms with Crippen molar-refractivity contribution in [3.8, 4) is 0 Å². The molecule has 29 heavy (non-hydrogen) atoms. The van der Waals surface area contributed by atoms with Crippen molar-refractivity contribution < 1.29 is 18.8 Å². The Bertz CT molecular complexity index is 929. The van der Waals surface area contributed by atoms with E-state index in [1.54, 1.807) is 18.0 Å². The van der Waals surface area contributed by atoms with Gasteiger partial charge >= 0.3 is 0 Å². The van der Waals surface area contributed by atoms with Gasteiger partial charge in [0.15, 0.2) is 5.84 Å². The molecule has 0 aromatic carbocycles. The summed E-state index contributed by atoms with van der Waals surface area (Å²) in [5, 5.41) is 10.5. The summed E-state index contributed by atoms with van der Waals surface area (Å²) in [6, 6.07) is -0.660. The van der Waals surface area contributed by atoms with Crippen molar-refractivity contribution in [2.75, 3.05) is 26.2 Å². The fourth-order valence-corrected chi connectivity index (χ4v) is 3.75. The van der Waals surface area contributed by atoms with Gasteiger partial charge in [-0.15, -0.1) is 5.10 Å². The van der Waals surface area contributed by atoms with Crippen LogP contribution in [-0.4, -0.2) is 80.4 Å². The van der Waals surface area contributed by atoms with Crippen LogP contribution in [0.2, 0.25) is 0 Å². The highest BCUT2D eigenvalue weighted by molar-refractivity contribution is 6.43. The molecule has 152 valence electrons. The van der Waals surface area contributed by atoms with Crippen LogP contribution in [0.25, 0.3) is 0 Å². The molecule has 1 aromatic heterocycles. The number of carbonyl (C=O) groups excluding carboxylic acids is 3. The molecule has 0 spiro atoms. The van der Waals surface area contributed by atoms with Crippen molar-refractivity contribution in [2.45, 2.75) is 19.4 Å². The zero-order valence-corrected chi connectivity index (χ0v) is 15.8. The zero-order valence-electron chi connectivity index (χ0n) is 15.8. The molecule has 4 rings (SSSR count). The molecular weight excluding hydrogens is 381 g/mol. The summed E-state index contributed by atoms with van der Waals surface area (Å²) in [5.74, 6) is -2.61. The number of hydrogen-bond acceptors (Lipinski definition) is 7. The number of aromatic nitrogens is 3. The van der Waals surface area contributed by atoms with Gasteiger partial charge in [-0.2, -0.15) is 0 Å². The predicted octanol–water partition coefficient (Wildman–Crippen LogP) is -0.529. The lowest BCUT2D eigenvalue weighted by atomic mass is 9.88. The molecule has 2 atom stereocenters. The van der Waals surface area contributed by atoms with Gasteiger partial charge in [-0.05, 0) is 0 Å². The van der Waals surface area contributed by atoms with Crippen LogP contribution >= 0.6 is 0 Å². The number of nitrogens with zero attached hydrogens (tertiary/aromatic N) is 6. The first-order chi connectivity index (χ1) is 14.0. The van der Waals surface area contributed by atoms with E-state index in [9.17, 15) is 18.8 Å². The fraction of sp³-hybridized carbons (Fsp3) is 0.444. The Morgan fingerprint density at radius 1 is 1.21 bits per heavy atom. The smallest absolute Gasteiger partial charge is 0.294 e. The molecule has 3 aliphatic heterocycles. The minimum atomic E-state index is -0.953. The fourth-order valence-electron chi connectivity index (χ4n) is 3.75. The third-order valence-corrected chi connectivity index (χ3v) is 5.32. The van der Waals surface area contributed by atoms with Crippen LogP contribution in [0.5, 0.6) is 0 Å². The van der Waals surface area contributed by atoms with Crippen LogP contribution in [0.1, 0.15) is 13.3 Å². The quantitative estimate of drug-likeness (QED) is 0.682. The summed E-state index contributed by atoms with van der Waals surface area (Å²) < 4.78 is 15.9. The van der Waals surface area contributed by atoms with Crippen LogP contribution < -0.4 is 5.32 Å². The molecule has 0 bridgehead atoms. The Balaban J connectivity index is 1.46. The maximum absolute atomic E-state index is 14.6. The lowest BCUT2D eigenvalue weighted by molar-refractivity contribution is -0.146. The van der Waals surface area contributed by atoms with Gasteiger partial charge in [0, 0.05) is 44.4 Å². The standard InChI is InChI=1S/C18H20FN7O3/c1-2-13(27)24-5-7-25(8-6-24)18(29)16(28)11-9-20-15-14(11)12(19)10-21-17(15)26-4-3-22-23-26/h3-4,9-10,14-15,20H,2,5-8H2,1H3. The molecule has 0 radical (unpaired) electrons. The van der Waals surface area contributed by atoms with Gasteiger partial charge in [0.1, 0.15) is 5.83 Å². The summed E-state index contributed by atoms with van der Waals surface area (Å²) in [4.78, 5) is 44.5. The van der Waals surface area contributed by atoms with E-state index >= 15 is 0 Å². The Morgan fingerprint density at radius 2 is 1.93 bits per heavy atom. The molecule has 3 aliphatic rings. The Hall–Kier alpha value is -3.37. The SMILES string of the molecule is CCC(=O)N1CCN(C(=O)C(=O)C2=CNC3C(n4ccnn4)=NC=C(F)C23)CC1. The zero-order chi connectivity index (χ0) is 20.5. The van der Waals surface area contributed by atoms with Crippen LogP contribution in [0.15, 0.2) is 41.2 Å². The maximum Gasteiger partial charge on any atom is 0.294 e. The number of Topliss-reactive ketones (excluding diaryl/α,β-unsaturated/α-hetero) is 1.